The standard InChI is InChI=1S/C66H114O4S/c1-5-9-12-15-18-21-24-27-30-33-36-39-42-45-54-68-64-58-60(48-53-63(67)61-49-51-62(52-50-61)71-57-8-4)59-65(69-55-46-43-40-37-34-31-28-25-22-19-16-13-10-6-2)66(64)70-56-47-44-41-38-35-32-29-26-23-20-17-14-11-7-3/h48-53,58-59H,5-47,54-57H2,1-4H3. The van der Waals surface area contributed by atoms with Gasteiger partial charge in [-0.2, -0.15) is 0 Å². The molecule has 0 saturated heterocycles. The van der Waals surface area contributed by atoms with Crippen LogP contribution in [0.2, 0.25) is 0 Å². The Balaban J connectivity index is 2.02. The van der Waals surface area contributed by atoms with E-state index in [-0.39, 0.29) is 5.78 Å². The Morgan fingerprint density at radius 2 is 0.676 bits per heavy atom. The molecule has 0 heterocycles. The molecule has 0 radical (unpaired) electrons. The van der Waals surface area contributed by atoms with Crippen LogP contribution < -0.4 is 14.2 Å². The van der Waals surface area contributed by atoms with Gasteiger partial charge < -0.3 is 14.2 Å². The fourth-order valence-corrected chi connectivity index (χ4v) is 10.4. The van der Waals surface area contributed by atoms with Gasteiger partial charge in [0.05, 0.1) is 19.8 Å². The predicted molar refractivity (Wildman–Crippen MR) is 315 cm³/mol. The molecular weight excluding hydrogens is 889 g/mol. The topological polar surface area (TPSA) is 44.8 Å². The van der Waals surface area contributed by atoms with Gasteiger partial charge in [-0.25, -0.2) is 0 Å². The summed E-state index contributed by atoms with van der Waals surface area (Å²) in [6.45, 7) is 11.1. The first kappa shape index (κ1) is 64.7. The summed E-state index contributed by atoms with van der Waals surface area (Å²) in [6, 6.07) is 12.2. The second-order valence-corrected chi connectivity index (χ2v) is 22.4. The van der Waals surface area contributed by atoms with E-state index in [0.29, 0.717) is 25.4 Å². The molecule has 71 heavy (non-hydrogen) atoms. The predicted octanol–water partition coefficient (Wildman–Crippen LogP) is 22.7. The van der Waals surface area contributed by atoms with Gasteiger partial charge in [0.2, 0.25) is 5.75 Å². The zero-order valence-corrected chi connectivity index (χ0v) is 48.2. The second-order valence-electron chi connectivity index (χ2n) is 21.3. The Bertz CT molecular complexity index is 1430. The molecule has 0 atom stereocenters. The highest BCUT2D eigenvalue weighted by Crippen LogP contribution is 2.40. The van der Waals surface area contributed by atoms with Gasteiger partial charge in [-0.15, -0.1) is 11.8 Å². The van der Waals surface area contributed by atoms with Crippen molar-refractivity contribution in [3.63, 3.8) is 0 Å². The van der Waals surface area contributed by atoms with Crippen LogP contribution in [0.15, 0.2) is 47.4 Å². The van der Waals surface area contributed by atoms with Crippen molar-refractivity contribution in [3.8, 4) is 17.2 Å². The summed E-state index contributed by atoms with van der Waals surface area (Å²) in [5.74, 6) is 3.31. The van der Waals surface area contributed by atoms with Crippen LogP contribution in [-0.2, 0) is 0 Å². The quantitative estimate of drug-likeness (QED) is 0.0286. The number of carbonyl (C=O) groups is 1. The molecule has 0 aromatic heterocycles. The highest BCUT2D eigenvalue weighted by molar-refractivity contribution is 7.99. The van der Waals surface area contributed by atoms with Crippen molar-refractivity contribution >= 4 is 23.6 Å². The third-order valence-electron chi connectivity index (χ3n) is 14.3. The third-order valence-corrected chi connectivity index (χ3v) is 15.6. The van der Waals surface area contributed by atoms with E-state index in [9.17, 15) is 4.79 Å². The van der Waals surface area contributed by atoms with Gasteiger partial charge in [0, 0.05) is 10.5 Å². The Morgan fingerprint density at radius 3 is 0.986 bits per heavy atom. The minimum Gasteiger partial charge on any atom is -0.490 e. The lowest BCUT2D eigenvalue weighted by Gasteiger charge is -2.18. The van der Waals surface area contributed by atoms with Gasteiger partial charge in [-0.1, -0.05) is 284 Å². The van der Waals surface area contributed by atoms with Crippen molar-refractivity contribution < 1.29 is 19.0 Å². The first-order chi connectivity index (χ1) is 35.1. The Kier molecular flexibility index (Phi) is 45.4. The number of allylic oxidation sites excluding steroid dienone is 1. The Hall–Kier alpha value is -2.40. The van der Waals surface area contributed by atoms with E-state index >= 15 is 0 Å². The molecule has 5 heteroatoms. The average Bonchev–Trinajstić information content (AvgIpc) is 3.38. The van der Waals surface area contributed by atoms with Crippen molar-refractivity contribution in [1.29, 1.82) is 0 Å². The van der Waals surface area contributed by atoms with Crippen molar-refractivity contribution in [1.82, 2.24) is 0 Å². The lowest BCUT2D eigenvalue weighted by molar-refractivity contribution is 0.104. The lowest BCUT2D eigenvalue weighted by atomic mass is 10.0. The van der Waals surface area contributed by atoms with Crippen molar-refractivity contribution in [2.45, 2.75) is 309 Å². The number of hydrogen-bond acceptors (Lipinski definition) is 5. The molecule has 0 amide bonds. The highest BCUT2D eigenvalue weighted by atomic mass is 32.2. The zero-order valence-electron chi connectivity index (χ0n) is 47.4. The van der Waals surface area contributed by atoms with Gasteiger partial charge in [0.25, 0.3) is 0 Å². The van der Waals surface area contributed by atoms with Gasteiger partial charge in [0.1, 0.15) is 0 Å². The molecule has 0 aliphatic carbocycles. The number of thioether (sulfide) groups is 1. The zero-order chi connectivity index (χ0) is 50.8. The monoisotopic (exact) mass is 1000 g/mol. The number of rotatable bonds is 54. The van der Waals surface area contributed by atoms with E-state index < -0.39 is 0 Å². The first-order valence-corrected chi connectivity index (χ1v) is 32.1. The number of carbonyl (C=O) groups excluding carboxylic acids is 1. The minimum atomic E-state index is 0.00456. The van der Waals surface area contributed by atoms with E-state index in [0.717, 1.165) is 54.2 Å². The van der Waals surface area contributed by atoms with Crippen molar-refractivity contribution in [2.24, 2.45) is 0 Å². The fourth-order valence-electron chi connectivity index (χ4n) is 9.68. The minimum absolute atomic E-state index is 0.00456. The van der Waals surface area contributed by atoms with E-state index in [1.54, 1.807) is 6.08 Å². The van der Waals surface area contributed by atoms with Crippen LogP contribution in [0, 0.1) is 0 Å². The second kappa shape index (κ2) is 49.8. The maximum absolute atomic E-state index is 13.4. The summed E-state index contributed by atoms with van der Waals surface area (Å²) in [7, 11) is 0. The van der Waals surface area contributed by atoms with Crippen LogP contribution >= 0.6 is 11.8 Å². The molecule has 2 aromatic rings. The molecule has 4 nitrogen and oxygen atoms in total. The average molecular weight is 1000 g/mol. The van der Waals surface area contributed by atoms with Gasteiger partial charge in [-0.3, -0.25) is 4.79 Å². The Morgan fingerprint density at radius 1 is 0.380 bits per heavy atom. The summed E-state index contributed by atoms with van der Waals surface area (Å²) in [5, 5.41) is 0. The maximum atomic E-state index is 13.4. The normalized spacial score (nSPS) is 11.5. The van der Waals surface area contributed by atoms with Crippen LogP contribution in [0.4, 0.5) is 0 Å². The summed E-state index contributed by atoms with van der Waals surface area (Å²) < 4.78 is 20.0. The third kappa shape index (κ3) is 37.9. The first-order valence-electron chi connectivity index (χ1n) is 31.1. The molecule has 0 spiro atoms. The van der Waals surface area contributed by atoms with Crippen LogP contribution in [-0.4, -0.2) is 31.4 Å². The SMILES string of the molecule is CCCCCCCCCCCCCCCCOc1cc(C=CC(=O)c2ccc(SCCC)cc2)cc(OCCCCCCCCCCCCCCCC)c1OCCCCCCCCCCCCCCCC. The summed E-state index contributed by atoms with van der Waals surface area (Å²) in [6.07, 6.45) is 60.9. The van der Waals surface area contributed by atoms with E-state index in [2.05, 4.69) is 52.0 Å². The molecule has 2 rings (SSSR count). The summed E-state index contributed by atoms with van der Waals surface area (Å²) >= 11 is 1.84. The lowest BCUT2D eigenvalue weighted by Crippen LogP contribution is -2.07. The molecule has 0 unspecified atom stereocenters. The molecule has 0 saturated carbocycles. The highest BCUT2D eigenvalue weighted by Gasteiger charge is 2.16. The van der Waals surface area contributed by atoms with Crippen molar-refractivity contribution in [2.75, 3.05) is 25.6 Å². The summed E-state index contributed by atoms with van der Waals surface area (Å²) in [5.41, 5.74) is 1.61. The van der Waals surface area contributed by atoms with E-state index in [4.69, 9.17) is 14.2 Å². The molecule has 0 aliphatic heterocycles. The number of benzene rings is 2. The van der Waals surface area contributed by atoms with E-state index in [1.165, 1.54) is 255 Å². The number of ketones is 1. The van der Waals surface area contributed by atoms with Crippen LogP contribution in [0.5, 0.6) is 17.2 Å². The number of hydrogen-bond donors (Lipinski definition) is 0. The molecule has 0 aliphatic rings. The largest absolute Gasteiger partial charge is 0.490 e. The Labute approximate surface area is 445 Å². The van der Waals surface area contributed by atoms with Gasteiger partial charge in [-0.05, 0) is 79.5 Å². The fraction of sp³-hybridized carbons (Fsp3) is 0.773. The summed E-state index contributed by atoms with van der Waals surface area (Å²) in [4.78, 5) is 14.6. The number of unbranched alkanes of at least 4 members (excludes halogenated alkanes) is 39. The van der Waals surface area contributed by atoms with Gasteiger partial charge >= 0.3 is 0 Å². The molecule has 2 aromatic carbocycles. The molecule has 408 valence electrons. The molecule has 0 fully saturated rings. The maximum Gasteiger partial charge on any atom is 0.203 e. The molecule has 0 bridgehead atoms. The van der Waals surface area contributed by atoms with Crippen molar-refractivity contribution in [3.05, 3.63) is 53.6 Å². The van der Waals surface area contributed by atoms with Crippen LogP contribution in [0.1, 0.15) is 320 Å². The smallest absolute Gasteiger partial charge is 0.203 e. The molecule has 0 N–H and O–H groups in total. The van der Waals surface area contributed by atoms with Gasteiger partial charge in [0.15, 0.2) is 17.3 Å². The van der Waals surface area contributed by atoms with E-state index in [1.807, 2.05) is 30.0 Å². The van der Waals surface area contributed by atoms with Crippen LogP contribution in [0.25, 0.3) is 6.08 Å². The molecular formula is C66H114O4S. The number of ether oxygens (including phenoxy) is 3. The van der Waals surface area contributed by atoms with Crippen LogP contribution in [0.3, 0.4) is 0 Å².